The van der Waals surface area contributed by atoms with Crippen molar-refractivity contribution in [3.05, 3.63) is 102 Å². The van der Waals surface area contributed by atoms with E-state index in [1.165, 1.54) is 39.0 Å². The lowest BCUT2D eigenvalue weighted by Gasteiger charge is -2.11. The van der Waals surface area contributed by atoms with Crippen molar-refractivity contribution < 1.29 is 4.74 Å². The van der Waals surface area contributed by atoms with Crippen LogP contribution in [0.4, 0.5) is 0 Å². The van der Waals surface area contributed by atoms with Gasteiger partial charge >= 0.3 is 0 Å². The van der Waals surface area contributed by atoms with Crippen molar-refractivity contribution in [1.29, 1.82) is 0 Å². The molecule has 5 heteroatoms. The Bertz CT molecular complexity index is 1400. The average Bonchev–Trinajstić information content (AvgIpc) is 3.61. The molecule has 0 radical (unpaired) electrons. The first-order valence-electron chi connectivity index (χ1n) is 11.3. The lowest BCUT2D eigenvalue weighted by Crippen LogP contribution is -1.94. The van der Waals surface area contributed by atoms with Gasteiger partial charge in [-0.25, -0.2) is 4.68 Å². The van der Waals surface area contributed by atoms with Gasteiger partial charge in [0.05, 0.1) is 19.0 Å². The number of hydrogen-bond donors (Lipinski definition) is 0. The summed E-state index contributed by atoms with van der Waals surface area (Å²) in [6.45, 7) is 0. The molecule has 33 heavy (non-hydrogen) atoms. The molecule has 0 spiro atoms. The Kier molecular flexibility index (Phi) is 5.09. The van der Waals surface area contributed by atoms with E-state index in [4.69, 9.17) is 9.84 Å². The summed E-state index contributed by atoms with van der Waals surface area (Å²) in [5.41, 5.74) is 6.32. The Hall–Kier alpha value is -3.62. The van der Waals surface area contributed by atoms with Crippen molar-refractivity contribution in [1.82, 2.24) is 15.0 Å². The Morgan fingerprint density at radius 3 is 2.15 bits per heavy atom. The van der Waals surface area contributed by atoms with Gasteiger partial charge in [-0.3, -0.25) is 0 Å². The van der Waals surface area contributed by atoms with Crippen molar-refractivity contribution in [2.24, 2.45) is 0 Å². The summed E-state index contributed by atoms with van der Waals surface area (Å²) in [4.78, 5) is 0. The zero-order valence-corrected chi connectivity index (χ0v) is 19.4. The molecular formula is C28H24N3OP. The van der Waals surface area contributed by atoms with Crippen LogP contribution in [0.15, 0.2) is 91.1 Å². The molecule has 4 nitrogen and oxygen atoms in total. The highest BCUT2D eigenvalue weighted by Crippen LogP contribution is 2.62. The number of rotatable bonds is 5. The maximum Gasteiger partial charge on any atom is 0.119 e. The van der Waals surface area contributed by atoms with Crippen molar-refractivity contribution >= 4 is 7.53 Å². The summed E-state index contributed by atoms with van der Waals surface area (Å²) in [6.07, 6.45) is 5.55. The molecule has 2 heterocycles. The molecule has 0 fully saturated rings. The Morgan fingerprint density at radius 2 is 1.45 bits per heavy atom. The van der Waals surface area contributed by atoms with Gasteiger partial charge in [0.1, 0.15) is 11.4 Å². The zero-order chi connectivity index (χ0) is 22.2. The van der Waals surface area contributed by atoms with Crippen LogP contribution in [0.1, 0.15) is 17.5 Å². The normalized spacial score (nSPS) is 13.2. The molecule has 0 N–H and O–H groups in total. The van der Waals surface area contributed by atoms with E-state index in [-0.39, 0.29) is 0 Å². The van der Waals surface area contributed by atoms with Crippen molar-refractivity contribution in [2.75, 3.05) is 7.11 Å². The van der Waals surface area contributed by atoms with E-state index in [1.807, 2.05) is 28.9 Å². The first kappa shape index (κ1) is 20.0. The standard InChI is InChI=1S/C28H24N3OP/c1-32-22-17-15-21(16-18-22)31-19-26(29-30-31)28-25-14-8-13-24(25)27(20-9-4-2-5-10-20)33(28)23-11-6-3-7-12-23/h2-7,9-12,15-19H,8,13-14H2,1H3. The molecule has 3 aromatic carbocycles. The van der Waals surface area contributed by atoms with Crippen molar-refractivity contribution in [3.8, 4) is 38.6 Å². The van der Waals surface area contributed by atoms with Crippen LogP contribution < -0.4 is 4.74 Å². The summed E-state index contributed by atoms with van der Waals surface area (Å²) in [7, 11) is 0.987. The number of fused-ring (bicyclic) bond motifs is 1. The molecular weight excluding hydrogens is 425 g/mol. The van der Waals surface area contributed by atoms with Crippen molar-refractivity contribution in [2.45, 2.75) is 19.3 Å². The Morgan fingerprint density at radius 1 is 0.788 bits per heavy atom. The van der Waals surface area contributed by atoms with Crippen molar-refractivity contribution in [3.63, 3.8) is 0 Å². The van der Waals surface area contributed by atoms with E-state index >= 15 is 0 Å². The summed E-state index contributed by atoms with van der Waals surface area (Å²) >= 11 is 0. The molecule has 1 aliphatic rings. The van der Waals surface area contributed by atoms with Crippen LogP contribution in [0.5, 0.6) is 5.75 Å². The van der Waals surface area contributed by atoms with Gasteiger partial charge in [-0.1, -0.05) is 73.4 Å². The molecule has 1 unspecified atom stereocenters. The number of benzene rings is 3. The second-order valence-electron chi connectivity index (χ2n) is 8.29. The second kappa shape index (κ2) is 8.38. The molecule has 5 aromatic rings. The largest absolute Gasteiger partial charge is 0.497 e. The van der Waals surface area contributed by atoms with E-state index in [1.54, 1.807) is 7.11 Å². The van der Waals surface area contributed by atoms with Gasteiger partial charge in [-0.2, -0.15) is 0 Å². The molecule has 0 amide bonds. The molecule has 2 aromatic heterocycles. The highest BCUT2D eigenvalue weighted by molar-refractivity contribution is 7.63. The highest BCUT2D eigenvalue weighted by atomic mass is 31.1. The first-order valence-corrected chi connectivity index (χ1v) is 12.6. The Labute approximate surface area is 194 Å². The maximum atomic E-state index is 5.30. The number of methoxy groups -OCH3 is 1. The lowest BCUT2D eigenvalue weighted by molar-refractivity contribution is 0.414. The van der Waals surface area contributed by atoms with Crippen LogP contribution in [-0.2, 0) is 12.8 Å². The topological polar surface area (TPSA) is 39.9 Å². The van der Waals surface area contributed by atoms with E-state index in [2.05, 4.69) is 72.1 Å². The van der Waals surface area contributed by atoms with Gasteiger partial charge in [-0.15, -0.1) is 5.10 Å². The third-order valence-corrected chi connectivity index (χ3v) is 9.11. The summed E-state index contributed by atoms with van der Waals surface area (Å²) < 4.78 is 7.17. The van der Waals surface area contributed by atoms with Gasteiger partial charge in [0, 0.05) is 10.6 Å². The molecule has 0 saturated carbocycles. The average molecular weight is 449 g/mol. The zero-order valence-electron chi connectivity index (χ0n) is 18.5. The van der Waals surface area contributed by atoms with Crippen LogP contribution >= 0.6 is 7.53 Å². The molecule has 0 aliphatic heterocycles. The summed E-state index contributed by atoms with van der Waals surface area (Å²) in [6, 6.07) is 29.8. The quantitative estimate of drug-likeness (QED) is 0.288. The number of ether oxygens (including phenoxy) is 1. The van der Waals surface area contributed by atoms with Gasteiger partial charge < -0.3 is 4.74 Å². The molecule has 6 rings (SSSR count). The van der Waals surface area contributed by atoms with Crippen LogP contribution in [0.3, 0.4) is 0 Å². The van der Waals surface area contributed by atoms with Crippen LogP contribution in [0, 0.1) is 0 Å². The second-order valence-corrected chi connectivity index (χ2v) is 10.4. The molecule has 162 valence electrons. The molecule has 0 saturated heterocycles. The smallest absolute Gasteiger partial charge is 0.119 e. The van der Waals surface area contributed by atoms with Gasteiger partial charge in [0.2, 0.25) is 0 Å². The predicted molar refractivity (Wildman–Crippen MR) is 135 cm³/mol. The fourth-order valence-electron chi connectivity index (χ4n) is 4.89. The van der Waals surface area contributed by atoms with Gasteiger partial charge in [0.15, 0.2) is 0 Å². The first-order chi connectivity index (χ1) is 16.3. The lowest BCUT2D eigenvalue weighted by atomic mass is 10.1. The monoisotopic (exact) mass is 449 g/mol. The minimum absolute atomic E-state index is 0.693. The van der Waals surface area contributed by atoms with Gasteiger partial charge in [-0.05, 0) is 65.5 Å². The van der Waals surface area contributed by atoms with Crippen LogP contribution in [0.2, 0.25) is 0 Å². The fraction of sp³-hybridized carbons (Fsp3) is 0.143. The minimum Gasteiger partial charge on any atom is -0.497 e. The summed E-state index contributed by atoms with van der Waals surface area (Å²) in [5, 5.41) is 13.5. The highest BCUT2D eigenvalue weighted by Gasteiger charge is 2.30. The van der Waals surface area contributed by atoms with E-state index < -0.39 is 7.53 Å². The van der Waals surface area contributed by atoms with Crippen LogP contribution in [0.25, 0.3) is 32.8 Å². The number of aromatic nitrogens is 3. The third kappa shape index (κ3) is 3.48. The summed E-state index contributed by atoms with van der Waals surface area (Å²) in [5.74, 6) is 0.833. The maximum absolute atomic E-state index is 5.30. The molecule has 0 bridgehead atoms. The van der Waals surface area contributed by atoms with E-state index in [0.29, 0.717) is 0 Å². The van der Waals surface area contributed by atoms with E-state index in [0.717, 1.165) is 30.0 Å². The minimum atomic E-state index is -0.693. The fourth-order valence-corrected chi connectivity index (χ4v) is 7.87. The predicted octanol–water partition coefficient (Wildman–Crippen LogP) is 7.07. The van der Waals surface area contributed by atoms with Gasteiger partial charge in [0.25, 0.3) is 0 Å². The molecule has 1 aliphatic carbocycles. The number of hydrogen-bond acceptors (Lipinski definition) is 3. The molecule has 1 atom stereocenters. The Balaban J connectivity index is 1.56. The van der Waals surface area contributed by atoms with Crippen LogP contribution in [-0.4, -0.2) is 22.1 Å². The van der Waals surface area contributed by atoms with E-state index in [9.17, 15) is 0 Å². The third-order valence-electron chi connectivity index (χ3n) is 6.37. The SMILES string of the molecule is COc1ccc(-n2cc(-c3c4c(c(-c5ccccc5)p3-c3ccccc3)CCC4)nn2)cc1. The number of nitrogens with zero attached hydrogens (tertiary/aromatic N) is 3.